The molecule has 0 unspecified atom stereocenters. The molecule has 0 spiro atoms. The van der Waals surface area contributed by atoms with Crippen molar-refractivity contribution in [2.75, 3.05) is 11.9 Å². The third-order valence-electron chi connectivity index (χ3n) is 2.98. The smallest absolute Gasteiger partial charge is 0.0933 e. The Bertz CT molecular complexity index is 460. The molecule has 0 amide bonds. The van der Waals surface area contributed by atoms with Crippen LogP contribution in [-0.4, -0.2) is 11.5 Å². The number of unbranched alkanes of at least 4 members (excludes halogenated alkanes) is 3. The van der Waals surface area contributed by atoms with E-state index in [0.29, 0.717) is 0 Å². The van der Waals surface area contributed by atoms with Gasteiger partial charge < -0.3 is 5.32 Å². The zero-order chi connectivity index (χ0) is 11.9. The highest BCUT2D eigenvalue weighted by atomic mass is 14.9. The van der Waals surface area contributed by atoms with E-state index in [-0.39, 0.29) is 0 Å². The number of pyridine rings is 1. The van der Waals surface area contributed by atoms with E-state index in [1.165, 1.54) is 31.1 Å². The van der Waals surface area contributed by atoms with E-state index in [0.717, 1.165) is 17.7 Å². The maximum Gasteiger partial charge on any atom is 0.0933 e. The maximum atomic E-state index is 4.43. The Hall–Kier alpha value is -1.57. The van der Waals surface area contributed by atoms with Crippen molar-refractivity contribution in [3.8, 4) is 0 Å². The SMILES string of the molecule is CCCCCCNc1cccc2cccnc12. The van der Waals surface area contributed by atoms with Crippen molar-refractivity contribution in [2.24, 2.45) is 0 Å². The number of anilines is 1. The molecule has 90 valence electrons. The maximum absolute atomic E-state index is 4.43. The average Bonchev–Trinajstić information content (AvgIpc) is 2.39. The molecule has 1 heterocycles. The van der Waals surface area contributed by atoms with Crippen molar-refractivity contribution in [1.82, 2.24) is 4.98 Å². The molecule has 2 heteroatoms. The lowest BCUT2D eigenvalue weighted by Crippen LogP contribution is -2.02. The average molecular weight is 228 g/mol. The van der Waals surface area contributed by atoms with Crippen molar-refractivity contribution >= 4 is 16.6 Å². The first-order valence-corrected chi connectivity index (χ1v) is 6.49. The zero-order valence-electron chi connectivity index (χ0n) is 10.4. The second kappa shape index (κ2) is 6.24. The van der Waals surface area contributed by atoms with Gasteiger partial charge in [-0.1, -0.05) is 44.4 Å². The third kappa shape index (κ3) is 3.19. The van der Waals surface area contributed by atoms with Gasteiger partial charge in [-0.15, -0.1) is 0 Å². The summed E-state index contributed by atoms with van der Waals surface area (Å²) in [5.41, 5.74) is 2.23. The van der Waals surface area contributed by atoms with E-state index in [2.05, 4.69) is 41.5 Å². The summed E-state index contributed by atoms with van der Waals surface area (Å²) in [6.07, 6.45) is 7.01. The molecule has 0 saturated heterocycles. The predicted molar refractivity (Wildman–Crippen MR) is 74.4 cm³/mol. The molecule has 1 aromatic heterocycles. The van der Waals surface area contributed by atoms with Crippen LogP contribution >= 0.6 is 0 Å². The highest BCUT2D eigenvalue weighted by molar-refractivity contribution is 5.90. The summed E-state index contributed by atoms with van der Waals surface area (Å²) < 4.78 is 0. The third-order valence-corrected chi connectivity index (χ3v) is 2.98. The number of fused-ring (bicyclic) bond motifs is 1. The van der Waals surface area contributed by atoms with E-state index >= 15 is 0 Å². The number of nitrogens with zero attached hydrogens (tertiary/aromatic N) is 1. The minimum absolute atomic E-state index is 1.04. The fourth-order valence-electron chi connectivity index (χ4n) is 2.02. The predicted octanol–water partition coefficient (Wildman–Crippen LogP) is 4.23. The van der Waals surface area contributed by atoms with E-state index < -0.39 is 0 Å². The molecule has 0 bridgehead atoms. The lowest BCUT2D eigenvalue weighted by Gasteiger charge is -2.08. The summed E-state index contributed by atoms with van der Waals surface area (Å²) in [6.45, 7) is 3.28. The lowest BCUT2D eigenvalue weighted by molar-refractivity contribution is 0.685. The molecule has 2 nitrogen and oxygen atoms in total. The molecule has 1 aromatic carbocycles. The Morgan fingerprint density at radius 2 is 1.94 bits per heavy atom. The number of aromatic nitrogens is 1. The molecule has 0 radical (unpaired) electrons. The van der Waals surface area contributed by atoms with Crippen LogP contribution < -0.4 is 5.32 Å². The number of rotatable bonds is 6. The zero-order valence-corrected chi connectivity index (χ0v) is 10.4. The Labute approximate surface area is 103 Å². The summed E-state index contributed by atoms with van der Waals surface area (Å²) >= 11 is 0. The summed E-state index contributed by atoms with van der Waals surface area (Å²) in [4.78, 5) is 4.43. The van der Waals surface area contributed by atoms with Crippen molar-refractivity contribution in [2.45, 2.75) is 32.6 Å². The van der Waals surface area contributed by atoms with Gasteiger partial charge in [0, 0.05) is 18.1 Å². The van der Waals surface area contributed by atoms with Gasteiger partial charge in [0.05, 0.1) is 11.2 Å². The van der Waals surface area contributed by atoms with Gasteiger partial charge >= 0.3 is 0 Å². The standard InChI is InChI=1S/C15H20N2/c1-2-3-4-5-11-16-14-10-6-8-13-9-7-12-17-15(13)14/h6-10,12,16H,2-5,11H2,1H3. The second-order valence-electron chi connectivity index (χ2n) is 4.37. The van der Waals surface area contributed by atoms with Crippen LogP contribution in [0.15, 0.2) is 36.5 Å². The van der Waals surface area contributed by atoms with Crippen molar-refractivity contribution in [1.29, 1.82) is 0 Å². The van der Waals surface area contributed by atoms with Crippen LogP contribution in [0, 0.1) is 0 Å². The van der Waals surface area contributed by atoms with Gasteiger partial charge in [0.15, 0.2) is 0 Å². The minimum Gasteiger partial charge on any atom is -0.383 e. The number of hydrogen-bond acceptors (Lipinski definition) is 2. The number of nitrogens with one attached hydrogen (secondary N) is 1. The van der Waals surface area contributed by atoms with Gasteiger partial charge in [0.2, 0.25) is 0 Å². The van der Waals surface area contributed by atoms with Crippen molar-refractivity contribution in [3.63, 3.8) is 0 Å². The molecule has 17 heavy (non-hydrogen) atoms. The molecule has 0 atom stereocenters. The molecule has 0 aliphatic carbocycles. The topological polar surface area (TPSA) is 24.9 Å². The van der Waals surface area contributed by atoms with Crippen LogP contribution in [0.25, 0.3) is 10.9 Å². The molecule has 2 rings (SSSR count). The Balaban J connectivity index is 1.98. The summed E-state index contributed by atoms with van der Waals surface area (Å²) in [5, 5.41) is 4.68. The minimum atomic E-state index is 1.04. The Kier molecular flexibility index (Phi) is 4.37. The van der Waals surface area contributed by atoms with E-state index in [4.69, 9.17) is 0 Å². The van der Waals surface area contributed by atoms with Gasteiger partial charge in [0.25, 0.3) is 0 Å². The van der Waals surface area contributed by atoms with Crippen LogP contribution in [0.3, 0.4) is 0 Å². The van der Waals surface area contributed by atoms with E-state index in [9.17, 15) is 0 Å². The summed E-state index contributed by atoms with van der Waals surface area (Å²) in [7, 11) is 0. The monoisotopic (exact) mass is 228 g/mol. The Morgan fingerprint density at radius 1 is 1.06 bits per heavy atom. The first-order chi connectivity index (χ1) is 8.42. The fourth-order valence-corrected chi connectivity index (χ4v) is 2.02. The van der Waals surface area contributed by atoms with Crippen LogP contribution in [0.2, 0.25) is 0 Å². The fraction of sp³-hybridized carbons (Fsp3) is 0.400. The molecular formula is C15H20N2. The molecule has 0 fully saturated rings. The van der Waals surface area contributed by atoms with Gasteiger partial charge in [-0.05, 0) is 18.6 Å². The highest BCUT2D eigenvalue weighted by Gasteiger charge is 1.99. The molecule has 1 N–H and O–H groups in total. The van der Waals surface area contributed by atoms with Crippen LogP contribution in [0.5, 0.6) is 0 Å². The van der Waals surface area contributed by atoms with Gasteiger partial charge in [0.1, 0.15) is 0 Å². The van der Waals surface area contributed by atoms with Crippen LogP contribution in [0.4, 0.5) is 5.69 Å². The van der Waals surface area contributed by atoms with Crippen molar-refractivity contribution in [3.05, 3.63) is 36.5 Å². The largest absolute Gasteiger partial charge is 0.383 e. The van der Waals surface area contributed by atoms with E-state index in [1.807, 2.05) is 12.3 Å². The summed E-state index contributed by atoms with van der Waals surface area (Å²) in [5.74, 6) is 0. The van der Waals surface area contributed by atoms with Crippen LogP contribution in [-0.2, 0) is 0 Å². The van der Waals surface area contributed by atoms with Gasteiger partial charge in [-0.3, -0.25) is 4.98 Å². The van der Waals surface area contributed by atoms with Crippen LogP contribution in [0.1, 0.15) is 32.6 Å². The van der Waals surface area contributed by atoms with Gasteiger partial charge in [-0.25, -0.2) is 0 Å². The number of benzene rings is 1. The van der Waals surface area contributed by atoms with Gasteiger partial charge in [-0.2, -0.15) is 0 Å². The first-order valence-electron chi connectivity index (χ1n) is 6.49. The lowest BCUT2D eigenvalue weighted by atomic mass is 10.1. The molecule has 2 aromatic rings. The van der Waals surface area contributed by atoms with Crippen molar-refractivity contribution < 1.29 is 0 Å². The number of hydrogen-bond donors (Lipinski definition) is 1. The molecule has 0 aliphatic rings. The molecule has 0 aliphatic heterocycles. The quantitative estimate of drug-likeness (QED) is 0.748. The normalized spacial score (nSPS) is 10.6. The molecule has 0 saturated carbocycles. The first kappa shape index (κ1) is 11.9. The summed E-state index contributed by atoms with van der Waals surface area (Å²) in [6, 6.07) is 10.4. The second-order valence-corrected chi connectivity index (χ2v) is 4.37. The number of para-hydroxylation sites is 1. The highest BCUT2D eigenvalue weighted by Crippen LogP contribution is 2.20. The Morgan fingerprint density at radius 3 is 2.82 bits per heavy atom. The van der Waals surface area contributed by atoms with E-state index in [1.54, 1.807) is 0 Å². The molecular weight excluding hydrogens is 208 g/mol.